The molecule has 0 radical (unpaired) electrons. The highest BCUT2D eigenvalue weighted by Gasteiger charge is 2.12. The first kappa shape index (κ1) is 19.0. The number of carbonyl (C=O) groups is 2. The fourth-order valence-electron chi connectivity index (χ4n) is 2.65. The van der Waals surface area contributed by atoms with Gasteiger partial charge in [-0.2, -0.15) is 0 Å². The van der Waals surface area contributed by atoms with Gasteiger partial charge < -0.3 is 15.4 Å². The molecule has 2 aromatic carbocycles. The molecule has 7 nitrogen and oxygen atoms in total. The van der Waals surface area contributed by atoms with Crippen LogP contribution in [0.15, 0.2) is 60.7 Å². The van der Waals surface area contributed by atoms with E-state index in [9.17, 15) is 9.59 Å². The number of aromatic nitrogens is 2. The third kappa shape index (κ3) is 4.70. The van der Waals surface area contributed by atoms with Crippen LogP contribution in [0, 0.1) is 6.92 Å². The number of amides is 1. The molecule has 0 unspecified atom stereocenters. The van der Waals surface area contributed by atoms with Crippen molar-refractivity contribution in [3.8, 4) is 0 Å². The van der Waals surface area contributed by atoms with Gasteiger partial charge in [-0.15, -0.1) is 10.2 Å². The highest BCUT2D eigenvalue weighted by Crippen LogP contribution is 2.20. The predicted octanol–water partition coefficient (Wildman–Crippen LogP) is 3.50. The number of anilines is 3. The molecule has 0 aliphatic carbocycles. The molecule has 1 aromatic heterocycles. The first-order valence-corrected chi connectivity index (χ1v) is 8.69. The van der Waals surface area contributed by atoms with E-state index in [-0.39, 0.29) is 12.3 Å². The number of para-hydroxylation sites is 1. The van der Waals surface area contributed by atoms with Gasteiger partial charge in [0.25, 0.3) is 0 Å². The van der Waals surface area contributed by atoms with Gasteiger partial charge in [-0.05, 0) is 42.3 Å². The van der Waals surface area contributed by atoms with Gasteiger partial charge in [0, 0.05) is 0 Å². The van der Waals surface area contributed by atoms with Gasteiger partial charge in [0.1, 0.15) is 0 Å². The van der Waals surface area contributed by atoms with E-state index in [1.54, 1.807) is 36.4 Å². The Morgan fingerprint density at radius 2 is 1.61 bits per heavy atom. The Morgan fingerprint density at radius 1 is 0.929 bits per heavy atom. The molecule has 2 N–H and O–H groups in total. The summed E-state index contributed by atoms with van der Waals surface area (Å²) in [6, 6.07) is 18.0. The summed E-state index contributed by atoms with van der Waals surface area (Å²) in [7, 11) is 1.33. The smallest absolute Gasteiger partial charge is 0.339 e. The van der Waals surface area contributed by atoms with Gasteiger partial charge in [-0.3, -0.25) is 4.79 Å². The molecular formula is C21H20N4O3. The minimum Gasteiger partial charge on any atom is -0.465 e. The topological polar surface area (TPSA) is 93.2 Å². The molecule has 142 valence electrons. The SMILES string of the molecule is COC(=O)c1ccccc1Nc1ccc(NC(=O)Cc2ccccc2C)nn1. The van der Waals surface area contributed by atoms with Crippen LogP contribution in [0.25, 0.3) is 0 Å². The zero-order valence-corrected chi connectivity index (χ0v) is 15.6. The molecule has 0 spiro atoms. The van der Waals surface area contributed by atoms with Crippen LogP contribution in [0.5, 0.6) is 0 Å². The second-order valence-electron chi connectivity index (χ2n) is 6.12. The molecule has 1 heterocycles. The van der Waals surface area contributed by atoms with Crippen molar-refractivity contribution in [2.75, 3.05) is 17.7 Å². The van der Waals surface area contributed by atoms with Gasteiger partial charge in [-0.1, -0.05) is 36.4 Å². The average molecular weight is 376 g/mol. The lowest BCUT2D eigenvalue weighted by atomic mass is 10.1. The van der Waals surface area contributed by atoms with Crippen molar-refractivity contribution in [3.63, 3.8) is 0 Å². The molecule has 0 aliphatic rings. The van der Waals surface area contributed by atoms with Crippen molar-refractivity contribution in [2.45, 2.75) is 13.3 Å². The lowest BCUT2D eigenvalue weighted by Crippen LogP contribution is -2.16. The number of ether oxygens (including phenoxy) is 1. The number of aryl methyl sites for hydroxylation is 1. The van der Waals surface area contributed by atoms with E-state index in [1.807, 2.05) is 31.2 Å². The minimum atomic E-state index is -0.448. The number of carbonyl (C=O) groups excluding carboxylic acids is 2. The number of benzene rings is 2. The number of nitrogens with zero attached hydrogens (tertiary/aromatic N) is 2. The third-order valence-electron chi connectivity index (χ3n) is 4.14. The van der Waals surface area contributed by atoms with E-state index in [4.69, 9.17) is 4.74 Å². The van der Waals surface area contributed by atoms with Crippen molar-refractivity contribution >= 4 is 29.2 Å². The summed E-state index contributed by atoms with van der Waals surface area (Å²) in [6.07, 6.45) is 0.265. The first-order valence-electron chi connectivity index (χ1n) is 8.69. The first-order chi connectivity index (χ1) is 13.6. The molecule has 3 rings (SSSR count). The predicted molar refractivity (Wildman–Crippen MR) is 107 cm³/mol. The summed E-state index contributed by atoms with van der Waals surface area (Å²) >= 11 is 0. The Labute approximate surface area is 162 Å². The number of rotatable bonds is 6. The molecule has 0 saturated heterocycles. The maximum atomic E-state index is 12.2. The molecule has 3 aromatic rings. The Balaban J connectivity index is 1.65. The Hall–Kier alpha value is -3.74. The van der Waals surface area contributed by atoms with E-state index in [2.05, 4.69) is 20.8 Å². The fraction of sp³-hybridized carbons (Fsp3) is 0.143. The van der Waals surface area contributed by atoms with Crippen LogP contribution in [0.3, 0.4) is 0 Å². The van der Waals surface area contributed by atoms with E-state index in [0.717, 1.165) is 11.1 Å². The maximum absolute atomic E-state index is 12.2. The van der Waals surface area contributed by atoms with Crippen LogP contribution >= 0.6 is 0 Å². The summed E-state index contributed by atoms with van der Waals surface area (Å²) in [5, 5.41) is 13.8. The van der Waals surface area contributed by atoms with Crippen molar-refractivity contribution in [1.82, 2.24) is 10.2 Å². The number of esters is 1. The lowest BCUT2D eigenvalue weighted by molar-refractivity contribution is -0.115. The molecule has 7 heteroatoms. The van der Waals surface area contributed by atoms with Gasteiger partial charge in [0.2, 0.25) is 5.91 Å². The highest BCUT2D eigenvalue weighted by molar-refractivity contribution is 5.96. The number of hydrogen-bond donors (Lipinski definition) is 2. The molecule has 0 bridgehead atoms. The van der Waals surface area contributed by atoms with Crippen LogP contribution < -0.4 is 10.6 Å². The van der Waals surface area contributed by atoms with Crippen LogP contribution in [-0.2, 0) is 16.0 Å². The molecule has 28 heavy (non-hydrogen) atoms. The number of hydrogen-bond acceptors (Lipinski definition) is 6. The normalized spacial score (nSPS) is 10.2. The van der Waals surface area contributed by atoms with Crippen LogP contribution in [0.1, 0.15) is 21.5 Å². The third-order valence-corrected chi connectivity index (χ3v) is 4.14. The summed E-state index contributed by atoms with van der Waals surface area (Å²) in [5.74, 6) is 0.176. The Bertz CT molecular complexity index is 987. The monoisotopic (exact) mass is 376 g/mol. The van der Waals surface area contributed by atoms with Crippen molar-refractivity contribution in [1.29, 1.82) is 0 Å². The average Bonchev–Trinajstić information content (AvgIpc) is 2.71. The second-order valence-corrected chi connectivity index (χ2v) is 6.12. The van der Waals surface area contributed by atoms with Crippen molar-refractivity contribution < 1.29 is 14.3 Å². The summed E-state index contributed by atoms with van der Waals surface area (Å²) < 4.78 is 4.77. The second kappa shape index (κ2) is 8.77. The molecule has 0 fully saturated rings. The standard InChI is InChI=1S/C21H20N4O3/c1-14-7-3-4-8-15(14)13-20(26)23-19-12-11-18(24-25-19)22-17-10-6-5-9-16(17)21(27)28-2/h3-12H,13H2,1-2H3,(H,22,24)(H,23,25,26). The summed E-state index contributed by atoms with van der Waals surface area (Å²) in [4.78, 5) is 24.0. The minimum absolute atomic E-state index is 0.166. The molecule has 0 atom stereocenters. The highest BCUT2D eigenvalue weighted by atomic mass is 16.5. The molecule has 0 aliphatic heterocycles. The summed E-state index contributed by atoms with van der Waals surface area (Å²) in [5.41, 5.74) is 2.97. The lowest BCUT2D eigenvalue weighted by Gasteiger charge is -2.10. The molecule has 1 amide bonds. The van der Waals surface area contributed by atoms with E-state index >= 15 is 0 Å². The fourth-order valence-corrected chi connectivity index (χ4v) is 2.65. The quantitative estimate of drug-likeness (QED) is 0.640. The number of nitrogens with one attached hydrogen (secondary N) is 2. The van der Waals surface area contributed by atoms with E-state index < -0.39 is 5.97 Å². The maximum Gasteiger partial charge on any atom is 0.339 e. The van der Waals surface area contributed by atoms with E-state index in [1.165, 1.54) is 7.11 Å². The van der Waals surface area contributed by atoms with E-state index in [0.29, 0.717) is 22.9 Å². The van der Waals surface area contributed by atoms with Crippen molar-refractivity contribution in [2.24, 2.45) is 0 Å². The Morgan fingerprint density at radius 3 is 2.32 bits per heavy atom. The largest absolute Gasteiger partial charge is 0.465 e. The van der Waals surface area contributed by atoms with Gasteiger partial charge in [0.05, 0.1) is 24.8 Å². The van der Waals surface area contributed by atoms with Crippen LogP contribution in [-0.4, -0.2) is 29.2 Å². The van der Waals surface area contributed by atoms with Gasteiger partial charge in [0.15, 0.2) is 11.6 Å². The van der Waals surface area contributed by atoms with Gasteiger partial charge in [-0.25, -0.2) is 4.79 Å². The Kier molecular flexibility index (Phi) is 5.96. The zero-order valence-electron chi connectivity index (χ0n) is 15.6. The van der Waals surface area contributed by atoms with Crippen molar-refractivity contribution in [3.05, 3.63) is 77.4 Å². The summed E-state index contributed by atoms with van der Waals surface area (Å²) in [6.45, 7) is 1.97. The molecule has 0 saturated carbocycles. The van der Waals surface area contributed by atoms with Crippen LogP contribution in [0.2, 0.25) is 0 Å². The zero-order chi connectivity index (χ0) is 19.9. The van der Waals surface area contributed by atoms with Crippen LogP contribution in [0.4, 0.5) is 17.3 Å². The number of methoxy groups -OCH3 is 1. The van der Waals surface area contributed by atoms with Gasteiger partial charge >= 0.3 is 5.97 Å². The molecular weight excluding hydrogens is 356 g/mol.